The van der Waals surface area contributed by atoms with E-state index in [9.17, 15) is 4.79 Å². The van der Waals surface area contributed by atoms with Crippen molar-refractivity contribution in [3.63, 3.8) is 0 Å². The number of carbonyl (C=O) groups is 1. The molecule has 2 aromatic heterocycles. The van der Waals surface area contributed by atoms with E-state index in [2.05, 4.69) is 15.3 Å². The van der Waals surface area contributed by atoms with Gasteiger partial charge in [-0.05, 0) is 37.6 Å². The van der Waals surface area contributed by atoms with Crippen LogP contribution in [0.25, 0.3) is 11.5 Å². The minimum Gasteiger partial charge on any atom is -0.497 e. The molecule has 0 aliphatic carbocycles. The molecule has 3 aromatic rings. The van der Waals surface area contributed by atoms with E-state index in [1.54, 1.807) is 7.11 Å². The molecule has 3 heterocycles. The molecular formula is C19H22N6O2. The maximum atomic E-state index is 13.0. The third-order valence-corrected chi connectivity index (χ3v) is 4.88. The summed E-state index contributed by atoms with van der Waals surface area (Å²) in [7, 11) is 1.64. The zero-order chi connectivity index (χ0) is 19.0. The summed E-state index contributed by atoms with van der Waals surface area (Å²) in [5.74, 6) is 2.26. The number of benzene rings is 1. The van der Waals surface area contributed by atoms with Crippen LogP contribution in [0.2, 0.25) is 0 Å². The minimum absolute atomic E-state index is 0.0503. The zero-order valence-electron chi connectivity index (χ0n) is 15.7. The molecule has 0 radical (unpaired) electrons. The van der Waals surface area contributed by atoms with Gasteiger partial charge < -0.3 is 9.64 Å². The molecule has 8 nitrogen and oxygen atoms in total. The van der Waals surface area contributed by atoms with E-state index < -0.39 is 0 Å². The lowest BCUT2D eigenvalue weighted by Crippen LogP contribution is -2.41. The Balaban J connectivity index is 1.60. The third-order valence-electron chi connectivity index (χ3n) is 4.88. The Labute approximate surface area is 157 Å². The molecule has 1 aromatic carbocycles. The van der Waals surface area contributed by atoms with Crippen LogP contribution in [0.15, 0.2) is 36.5 Å². The second kappa shape index (κ2) is 6.86. The zero-order valence-corrected chi connectivity index (χ0v) is 15.7. The highest BCUT2D eigenvalue weighted by Crippen LogP contribution is 2.28. The van der Waals surface area contributed by atoms with E-state index in [1.807, 2.05) is 64.5 Å². The lowest BCUT2D eigenvalue weighted by molar-refractivity contribution is -0.137. The fourth-order valence-electron chi connectivity index (χ4n) is 3.38. The Morgan fingerprint density at radius 3 is 2.63 bits per heavy atom. The van der Waals surface area contributed by atoms with Gasteiger partial charge in [0, 0.05) is 19.3 Å². The van der Waals surface area contributed by atoms with Crippen molar-refractivity contribution in [2.75, 3.05) is 7.11 Å². The molecule has 27 heavy (non-hydrogen) atoms. The molecule has 0 bridgehead atoms. The summed E-state index contributed by atoms with van der Waals surface area (Å²) in [6.45, 7) is 5.65. The Bertz CT molecular complexity index is 959. The second-order valence-corrected chi connectivity index (χ2v) is 6.58. The van der Waals surface area contributed by atoms with Crippen LogP contribution in [0.1, 0.15) is 31.3 Å². The Morgan fingerprint density at radius 2 is 1.96 bits per heavy atom. The monoisotopic (exact) mass is 366 g/mol. The van der Waals surface area contributed by atoms with Gasteiger partial charge in [0.05, 0.1) is 13.7 Å². The number of fused-ring (bicyclic) bond motifs is 1. The van der Waals surface area contributed by atoms with Gasteiger partial charge in [0.1, 0.15) is 17.5 Å². The average molecular weight is 366 g/mol. The molecule has 0 fully saturated rings. The summed E-state index contributed by atoms with van der Waals surface area (Å²) in [6.07, 6.45) is 1.91. The third kappa shape index (κ3) is 3.07. The minimum atomic E-state index is -0.372. The predicted molar refractivity (Wildman–Crippen MR) is 98.9 cm³/mol. The van der Waals surface area contributed by atoms with E-state index in [4.69, 9.17) is 4.74 Å². The summed E-state index contributed by atoms with van der Waals surface area (Å²) in [5.41, 5.74) is 1.78. The summed E-state index contributed by atoms with van der Waals surface area (Å²) in [5, 5.41) is 13.1. The molecule has 1 aliphatic rings. The summed E-state index contributed by atoms with van der Waals surface area (Å²) in [4.78, 5) is 14.8. The summed E-state index contributed by atoms with van der Waals surface area (Å²) < 4.78 is 8.92. The van der Waals surface area contributed by atoms with Crippen LogP contribution >= 0.6 is 0 Å². The Hall–Kier alpha value is -3.16. The van der Waals surface area contributed by atoms with Crippen LogP contribution in [-0.4, -0.2) is 42.5 Å². The molecule has 1 aliphatic heterocycles. The van der Waals surface area contributed by atoms with Gasteiger partial charge in [0.15, 0.2) is 11.6 Å². The molecule has 8 heteroatoms. The fraction of sp³-hybridized carbons (Fsp3) is 0.368. The average Bonchev–Trinajstić information content (AvgIpc) is 3.33. The molecular weight excluding hydrogens is 344 g/mol. The van der Waals surface area contributed by atoms with Gasteiger partial charge in [-0.1, -0.05) is 12.1 Å². The van der Waals surface area contributed by atoms with E-state index in [0.717, 1.165) is 29.4 Å². The van der Waals surface area contributed by atoms with E-state index in [0.29, 0.717) is 18.9 Å². The molecule has 1 atom stereocenters. The van der Waals surface area contributed by atoms with Crippen LogP contribution in [0.3, 0.4) is 0 Å². The fourth-order valence-corrected chi connectivity index (χ4v) is 3.38. The van der Waals surface area contributed by atoms with Gasteiger partial charge in [0.25, 0.3) is 0 Å². The second-order valence-electron chi connectivity index (χ2n) is 6.58. The highest BCUT2D eigenvalue weighted by molar-refractivity contribution is 5.81. The van der Waals surface area contributed by atoms with Gasteiger partial charge in [-0.25, -0.2) is 0 Å². The SMILES string of the molecule is CCn1ccc(-c2nnc3n2[C@@H](C)C(=O)N(Cc2ccc(OC)cc2)C3)n1. The molecule has 4 rings (SSSR count). The van der Waals surface area contributed by atoms with Gasteiger partial charge in [-0.3, -0.25) is 14.0 Å². The summed E-state index contributed by atoms with van der Waals surface area (Å²) in [6, 6.07) is 9.28. The first kappa shape index (κ1) is 17.3. The quantitative estimate of drug-likeness (QED) is 0.692. The van der Waals surface area contributed by atoms with E-state index in [1.165, 1.54) is 0 Å². The predicted octanol–water partition coefficient (Wildman–Crippen LogP) is 2.27. The molecule has 0 saturated carbocycles. The molecule has 0 spiro atoms. The Morgan fingerprint density at radius 1 is 1.19 bits per heavy atom. The maximum absolute atomic E-state index is 13.0. The number of amides is 1. The number of ether oxygens (including phenoxy) is 1. The molecule has 0 saturated heterocycles. The lowest BCUT2D eigenvalue weighted by Gasteiger charge is -2.32. The van der Waals surface area contributed by atoms with Crippen LogP contribution in [0.4, 0.5) is 0 Å². The highest BCUT2D eigenvalue weighted by Gasteiger charge is 2.34. The standard InChI is InChI=1S/C19H22N6O2/c1-4-24-10-9-16(22-24)18-21-20-17-12-23(19(26)13(2)25(17)18)11-14-5-7-15(27-3)8-6-14/h5-10,13H,4,11-12H2,1-3H3/t13-/m0/s1. The van der Waals surface area contributed by atoms with Crippen molar-refractivity contribution in [3.8, 4) is 17.3 Å². The highest BCUT2D eigenvalue weighted by atomic mass is 16.5. The lowest BCUT2D eigenvalue weighted by atomic mass is 10.1. The van der Waals surface area contributed by atoms with E-state index in [-0.39, 0.29) is 11.9 Å². The first-order valence-electron chi connectivity index (χ1n) is 9.00. The van der Waals surface area contributed by atoms with Gasteiger partial charge in [0.2, 0.25) is 5.91 Å². The van der Waals surface area contributed by atoms with E-state index >= 15 is 0 Å². The number of methoxy groups -OCH3 is 1. The van der Waals surface area contributed by atoms with Crippen LogP contribution in [-0.2, 0) is 24.4 Å². The number of hydrogen-bond donors (Lipinski definition) is 0. The number of carbonyl (C=O) groups excluding carboxylic acids is 1. The van der Waals surface area contributed by atoms with Crippen molar-refractivity contribution >= 4 is 5.91 Å². The molecule has 0 unspecified atom stereocenters. The largest absolute Gasteiger partial charge is 0.497 e. The number of rotatable bonds is 5. The van der Waals surface area contributed by atoms with Crippen LogP contribution < -0.4 is 4.74 Å². The molecule has 140 valence electrons. The smallest absolute Gasteiger partial charge is 0.246 e. The van der Waals surface area contributed by atoms with Crippen molar-refractivity contribution in [1.82, 2.24) is 29.4 Å². The first-order chi connectivity index (χ1) is 13.1. The summed E-state index contributed by atoms with van der Waals surface area (Å²) >= 11 is 0. The number of aryl methyl sites for hydroxylation is 1. The van der Waals surface area contributed by atoms with Gasteiger partial charge >= 0.3 is 0 Å². The number of nitrogens with zero attached hydrogens (tertiary/aromatic N) is 6. The van der Waals surface area contributed by atoms with Crippen molar-refractivity contribution in [2.45, 2.75) is 39.5 Å². The van der Waals surface area contributed by atoms with Crippen molar-refractivity contribution in [3.05, 3.63) is 47.9 Å². The van der Waals surface area contributed by atoms with Gasteiger partial charge in [-0.15, -0.1) is 10.2 Å². The number of hydrogen-bond acceptors (Lipinski definition) is 5. The number of aromatic nitrogens is 5. The van der Waals surface area contributed by atoms with Gasteiger partial charge in [-0.2, -0.15) is 5.10 Å². The van der Waals surface area contributed by atoms with Crippen molar-refractivity contribution < 1.29 is 9.53 Å². The normalized spacial score (nSPS) is 16.5. The van der Waals surface area contributed by atoms with Crippen molar-refractivity contribution in [1.29, 1.82) is 0 Å². The Kier molecular flexibility index (Phi) is 4.39. The van der Waals surface area contributed by atoms with Crippen LogP contribution in [0.5, 0.6) is 5.75 Å². The maximum Gasteiger partial charge on any atom is 0.246 e. The molecule has 1 amide bonds. The van der Waals surface area contributed by atoms with Crippen LogP contribution in [0, 0.1) is 0 Å². The first-order valence-corrected chi connectivity index (χ1v) is 9.00. The molecule has 0 N–H and O–H groups in total. The topological polar surface area (TPSA) is 78.1 Å². The van der Waals surface area contributed by atoms with Crippen molar-refractivity contribution in [2.24, 2.45) is 0 Å².